The third kappa shape index (κ3) is 4.81. The van der Waals surface area contributed by atoms with Gasteiger partial charge < -0.3 is 10.2 Å². The van der Waals surface area contributed by atoms with E-state index >= 15 is 0 Å². The molecule has 2 rings (SSSR count). The number of hydrogen-bond acceptors (Lipinski definition) is 2. The average Bonchev–Trinajstić information content (AvgIpc) is 2.55. The number of nitrogens with one attached hydrogen (secondary N) is 1. The summed E-state index contributed by atoms with van der Waals surface area (Å²) in [7, 11) is 0. The zero-order chi connectivity index (χ0) is 16.8. The average molecular weight is 316 g/mol. The summed E-state index contributed by atoms with van der Waals surface area (Å²) in [6.07, 6.45) is 4.14. The van der Waals surface area contributed by atoms with Crippen molar-refractivity contribution in [3.63, 3.8) is 0 Å². The summed E-state index contributed by atoms with van der Waals surface area (Å²) in [5.41, 5.74) is 3.17. The van der Waals surface area contributed by atoms with E-state index in [-0.39, 0.29) is 17.7 Å². The molecule has 0 unspecified atom stereocenters. The van der Waals surface area contributed by atoms with Gasteiger partial charge >= 0.3 is 0 Å². The second-order valence-corrected chi connectivity index (χ2v) is 6.57. The van der Waals surface area contributed by atoms with Crippen molar-refractivity contribution in [3.05, 3.63) is 29.3 Å². The molecule has 0 atom stereocenters. The third-order valence-corrected chi connectivity index (χ3v) is 4.60. The Labute approximate surface area is 139 Å². The van der Waals surface area contributed by atoms with Crippen molar-refractivity contribution in [1.82, 2.24) is 4.90 Å². The van der Waals surface area contributed by atoms with Gasteiger partial charge in [0.15, 0.2) is 0 Å². The number of carbonyl (C=O) groups excluding carboxylic acids is 2. The topological polar surface area (TPSA) is 49.4 Å². The second kappa shape index (κ2) is 8.14. The molecule has 1 aromatic rings. The number of hydrogen-bond donors (Lipinski definition) is 1. The van der Waals surface area contributed by atoms with E-state index in [9.17, 15) is 9.59 Å². The molecule has 23 heavy (non-hydrogen) atoms. The highest BCUT2D eigenvalue weighted by Gasteiger charge is 2.27. The summed E-state index contributed by atoms with van der Waals surface area (Å²) in [5.74, 6) is 0.323. The number of aryl methyl sites for hydroxylation is 2. The Hall–Kier alpha value is -1.84. The van der Waals surface area contributed by atoms with Gasteiger partial charge in [-0.25, -0.2) is 0 Å². The molecule has 0 saturated carbocycles. The molecule has 2 amide bonds. The first-order chi connectivity index (χ1) is 11.0. The van der Waals surface area contributed by atoms with Crippen LogP contribution in [0.1, 0.15) is 50.2 Å². The molecule has 0 aromatic heterocycles. The highest BCUT2D eigenvalue weighted by molar-refractivity contribution is 5.93. The van der Waals surface area contributed by atoms with Crippen molar-refractivity contribution < 1.29 is 9.59 Å². The van der Waals surface area contributed by atoms with Crippen LogP contribution < -0.4 is 5.32 Å². The largest absolute Gasteiger partial charge is 0.343 e. The molecule has 1 heterocycles. The minimum absolute atomic E-state index is 0.00549. The van der Waals surface area contributed by atoms with Gasteiger partial charge in [-0.1, -0.05) is 31.0 Å². The van der Waals surface area contributed by atoms with Crippen LogP contribution in [-0.2, 0) is 9.59 Å². The van der Waals surface area contributed by atoms with Gasteiger partial charge in [-0.05, 0) is 44.7 Å². The van der Waals surface area contributed by atoms with Crippen LogP contribution in [0.15, 0.2) is 18.2 Å². The van der Waals surface area contributed by atoms with Crippen molar-refractivity contribution >= 4 is 17.5 Å². The number of unbranched alkanes of at least 4 members (excludes halogenated alkanes) is 1. The Morgan fingerprint density at radius 1 is 1.22 bits per heavy atom. The van der Waals surface area contributed by atoms with Crippen LogP contribution in [-0.4, -0.2) is 29.8 Å². The van der Waals surface area contributed by atoms with Crippen molar-refractivity contribution in [2.24, 2.45) is 5.92 Å². The lowest BCUT2D eigenvalue weighted by Gasteiger charge is -2.31. The first-order valence-corrected chi connectivity index (χ1v) is 8.67. The molecular formula is C19H28N2O2. The molecule has 1 saturated heterocycles. The number of likely N-dealkylation sites (tertiary alicyclic amines) is 1. The van der Waals surface area contributed by atoms with Gasteiger partial charge in [-0.2, -0.15) is 0 Å². The summed E-state index contributed by atoms with van der Waals surface area (Å²) in [6.45, 7) is 7.55. The van der Waals surface area contributed by atoms with E-state index in [4.69, 9.17) is 0 Å². The molecule has 1 aliphatic rings. The lowest BCUT2D eigenvalue weighted by atomic mass is 9.95. The van der Waals surface area contributed by atoms with Crippen LogP contribution in [0, 0.1) is 19.8 Å². The first kappa shape index (κ1) is 17.5. The fraction of sp³-hybridized carbons (Fsp3) is 0.579. The van der Waals surface area contributed by atoms with Crippen molar-refractivity contribution in [2.45, 2.75) is 52.9 Å². The van der Waals surface area contributed by atoms with Gasteiger partial charge in [0.1, 0.15) is 0 Å². The van der Waals surface area contributed by atoms with Gasteiger partial charge in [0, 0.05) is 31.1 Å². The predicted molar refractivity (Wildman–Crippen MR) is 93.4 cm³/mol. The summed E-state index contributed by atoms with van der Waals surface area (Å²) >= 11 is 0. The van der Waals surface area contributed by atoms with Gasteiger partial charge in [-0.3, -0.25) is 9.59 Å². The molecule has 1 N–H and O–H groups in total. The lowest BCUT2D eigenvalue weighted by Crippen LogP contribution is -2.41. The monoisotopic (exact) mass is 316 g/mol. The number of anilines is 1. The van der Waals surface area contributed by atoms with E-state index in [1.165, 1.54) is 5.56 Å². The number of amides is 2. The molecule has 1 aromatic carbocycles. The summed E-state index contributed by atoms with van der Waals surface area (Å²) in [5, 5.41) is 3.04. The standard InChI is InChI=1S/C19H28N2O2/c1-4-5-6-18(22)21-11-9-16(10-12-21)19(23)20-17-8-7-14(2)13-15(17)3/h7-8,13,16H,4-6,9-12H2,1-3H3,(H,20,23). The smallest absolute Gasteiger partial charge is 0.227 e. The van der Waals surface area contributed by atoms with Gasteiger partial charge in [0.2, 0.25) is 11.8 Å². The Morgan fingerprint density at radius 2 is 1.91 bits per heavy atom. The number of piperidine rings is 1. The quantitative estimate of drug-likeness (QED) is 0.901. The van der Waals surface area contributed by atoms with Crippen molar-refractivity contribution in [2.75, 3.05) is 18.4 Å². The van der Waals surface area contributed by atoms with Gasteiger partial charge in [0.05, 0.1) is 0 Å². The highest BCUT2D eigenvalue weighted by Crippen LogP contribution is 2.22. The van der Waals surface area contributed by atoms with Crippen LogP contribution in [0.2, 0.25) is 0 Å². The van der Waals surface area contributed by atoms with Crippen LogP contribution in [0.4, 0.5) is 5.69 Å². The number of nitrogens with zero attached hydrogens (tertiary/aromatic N) is 1. The van der Waals surface area contributed by atoms with Crippen molar-refractivity contribution in [1.29, 1.82) is 0 Å². The van der Waals surface area contributed by atoms with E-state index in [0.717, 1.165) is 36.9 Å². The van der Waals surface area contributed by atoms with Crippen LogP contribution in [0.3, 0.4) is 0 Å². The fourth-order valence-corrected chi connectivity index (χ4v) is 3.07. The second-order valence-electron chi connectivity index (χ2n) is 6.57. The maximum atomic E-state index is 12.4. The van der Waals surface area contributed by atoms with E-state index in [0.29, 0.717) is 19.5 Å². The molecule has 0 bridgehead atoms. The summed E-state index contributed by atoms with van der Waals surface area (Å²) in [6, 6.07) is 6.05. The van der Waals surface area contributed by atoms with Gasteiger partial charge in [-0.15, -0.1) is 0 Å². The zero-order valence-corrected chi connectivity index (χ0v) is 14.5. The first-order valence-electron chi connectivity index (χ1n) is 8.67. The van der Waals surface area contributed by atoms with E-state index in [1.807, 2.05) is 30.9 Å². The van der Waals surface area contributed by atoms with Gasteiger partial charge in [0.25, 0.3) is 0 Å². The van der Waals surface area contributed by atoms with E-state index in [1.54, 1.807) is 0 Å². The Kier molecular flexibility index (Phi) is 6.20. The minimum atomic E-state index is 0.00549. The fourth-order valence-electron chi connectivity index (χ4n) is 3.07. The number of benzene rings is 1. The van der Waals surface area contributed by atoms with Crippen LogP contribution in [0.25, 0.3) is 0 Å². The molecule has 1 fully saturated rings. The van der Waals surface area contributed by atoms with Crippen LogP contribution >= 0.6 is 0 Å². The number of rotatable bonds is 5. The maximum absolute atomic E-state index is 12.4. The number of carbonyl (C=O) groups is 2. The Bertz CT molecular complexity index is 560. The Balaban J connectivity index is 1.85. The molecule has 1 aliphatic heterocycles. The molecule has 0 radical (unpaired) electrons. The molecule has 0 aliphatic carbocycles. The molecule has 4 nitrogen and oxygen atoms in total. The summed E-state index contributed by atoms with van der Waals surface area (Å²) in [4.78, 5) is 26.4. The zero-order valence-electron chi connectivity index (χ0n) is 14.5. The predicted octanol–water partition coefficient (Wildman–Crippen LogP) is 3.67. The molecule has 0 spiro atoms. The maximum Gasteiger partial charge on any atom is 0.227 e. The third-order valence-electron chi connectivity index (χ3n) is 4.60. The molecule has 4 heteroatoms. The van der Waals surface area contributed by atoms with Crippen molar-refractivity contribution in [3.8, 4) is 0 Å². The highest BCUT2D eigenvalue weighted by atomic mass is 16.2. The molecular weight excluding hydrogens is 288 g/mol. The molecule has 126 valence electrons. The summed E-state index contributed by atoms with van der Waals surface area (Å²) < 4.78 is 0. The van der Waals surface area contributed by atoms with E-state index < -0.39 is 0 Å². The van der Waals surface area contributed by atoms with E-state index in [2.05, 4.69) is 18.3 Å². The minimum Gasteiger partial charge on any atom is -0.343 e. The van der Waals surface area contributed by atoms with Crippen LogP contribution in [0.5, 0.6) is 0 Å². The SMILES string of the molecule is CCCCC(=O)N1CCC(C(=O)Nc2ccc(C)cc2C)CC1. The lowest BCUT2D eigenvalue weighted by molar-refractivity contribution is -0.134. The normalized spacial score (nSPS) is 15.5. The Morgan fingerprint density at radius 3 is 2.52 bits per heavy atom.